The topological polar surface area (TPSA) is 122 Å². The summed E-state index contributed by atoms with van der Waals surface area (Å²) in [5.41, 5.74) is -1.63. The van der Waals surface area contributed by atoms with Crippen LogP contribution < -0.4 is 10.1 Å². The second-order valence-electron chi connectivity index (χ2n) is 13.0. The molecule has 11 heteroatoms. The Hall–Kier alpha value is -1.68. The van der Waals surface area contributed by atoms with E-state index in [9.17, 15) is 14.5 Å². The van der Waals surface area contributed by atoms with Crippen LogP contribution in [0, 0.1) is 0 Å². The highest BCUT2D eigenvalue weighted by Crippen LogP contribution is 2.36. The number of ether oxygens (including phenoxy) is 5. The molecule has 0 heterocycles. The Labute approximate surface area is 228 Å². The number of hydrogen-bond acceptors (Lipinski definition) is 10. The Kier molecular flexibility index (Phi) is 11.9. The second kappa shape index (κ2) is 13.1. The van der Waals surface area contributed by atoms with Crippen LogP contribution in [-0.4, -0.2) is 46.3 Å². The monoisotopic (exact) mass is 561 g/mol. The first-order valence-corrected chi connectivity index (χ1v) is 13.6. The first-order valence-electron chi connectivity index (χ1n) is 12.7. The summed E-state index contributed by atoms with van der Waals surface area (Å²) in [5.74, 6) is 0.178. The Bertz CT molecular complexity index is 908. The molecule has 0 radical (unpaired) electrons. The maximum Gasteiger partial charge on any atom is 0.509 e. The summed E-state index contributed by atoms with van der Waals surface area (Å²) in [4.78, 5) is 12.5. The molecule has 10 nitrogen and oxygen atoms in total. The number of aliphatic hydroxyl groups is 1. The fourth-order valence-corrected chi connectivity index (χ4v) is 3.38. The van der Waals surface area contributed by atoms with Crippen LogP contribution in [-0.2, 0) is 34.6 Å². The Balaban J connectivity index is 3.46. The molecule has 0 saturated carbocycles. The largest absolute Gasteiger partial charge is 0.509 e. The normalized spacial score (nSPS) is 14.6. The molecular formula is C27H48NO9P. The van der Waals surface area contributed by atoms with Gasteiger partial charge in [-0.3, -0.25) is 14.0 Å². The van der Waals surface area contributed by atoms with Gasteiger partial charge in [0.1, 0.15) is 17.5 Å². The van der Waals surface area contributed by atoms with E-state index >= 15 is 0 Å². The molecular weight excluding hydrogens is 513 g/mol. The van der Waals surface area contributed by atoms with Crippen LogP contribution in [0.5, 0.6) is 5.75 Å². The average molecular weight is 562 g/mol. The molecule has 0 aliphatic heterocycles. The van der Waals surface area contributed by atoms with Crippen molar-refractivity contribution < 1.29 is 42.7 Å². The molecule has 0 spiro atoms. The number of rotatable bonds is 11. The zero-order valence-electron chi connectivity index (χ0n) is 25.0. The number of benzene rings is 1. The molecule has 0 amide bonds. The maximum absolute atomic E-state index is 12.5. The van der Waals surface area contributed by atoms with Crippen molar-refractivity contribution in [1.82, 2.24) is 5.32 Å². The molecule has 0 aromatic heterocycles. The van der Waals surface area contributed by atoms with E-state index in [1.54, 1.807) is 80.5 Å². The van der Waals surface area contributed by atoms with Crippen LogP contribution in [0.1, 0.15) is 100 Å². The standard InChI is InChI=1S/C27H48NO9P/c1-23(2,3)28-16-21(32-22(30)34-24(4,5)6)18-13-14-20(19(15-18)17-29)33-27(37-38-31,35-25(7,8)9)36-26(10,11)12/h13-15,21,28-29H,16-17,38H2,1-12H3. The van der Waals surface area contributed by atoms with Crippen LogP contribution in [0.2, 0.25) is 0 Å². The molecule has 1 aromatic rings. The minimum Gasteiger partial charge on any atom is -0.429 e. The third kappa shape index (κ3) is 13.4. The number of nitrogens with one attached hydrogen (secondary N) is 1. The maximum atomic E-state index is 12.5. The average Bonchev–Trinajstić information content (AvgIpc) is 2.66. The summed E-state index contributed by atoms with van der Waals surface area (Å²) in [6, 6.07) is 4.92. The predicted octanol–water partition coefficient (Wildman–Crippen LogP) is 5.87. The summed E-state index contributed by atoms with van der Waals surface area (Å²) >= 11 is 0. The first kappa shape index (κ1) is 34.3. The fourth-order valence-electron chi connectivity index (χ4n) is 3.12. The van der Waals surface area contributed by atoms with Gasteiger partial charge in [-0.05, 0) is 101 Å². The molecule has 1 aromatic carbocycles. The van der Waals surface area contributed by atoms with Gasteiger partial charge in [0, 0.05) is 17.6 Å². The van der Waals surface area contributed by atoms with Crippen LogP contribution in [0.25, 0.3) is 0 Å². The highest BCUT2D eigenvalue weighted by molar-refractivity contribution is 7.17. The molecule has 0 bridgehead atoms. The third-order valence-corrected chi connectivity index (χ3v) is 4.75. The van der Waals surface area contributed by atoms with Crippen molar-refractivity contribution in [3.63, 3.8) is 0 Å². The van der Waals surface area contributed by atoms with Crippen LogP contribution in [0.4, 0.5) is 4.79 Å². The van der Waals surface area contributed by atoms with Gasteiger partial charge in [0.25, 0.3) is 0 Å². The molecule has 0 saturated heterocycles. The highest BCUT2D eigenvalue weighted by atomic mass is 31.1. The van der Waals surface area contributed by atoms with Crippen molar-refractivity contribution in [2.24, 2.45) is 0 Å². The van der Waals surface area contributed by atoms with Gasteiger partial charge in [0.15, 0.2) is 8.69 Å². The third-order valence-electron chi connectivity index (χ3n) is 4.36. The molecule has 1 rings (SSSR count). The van der Waals surface area contributed by atoms with Crippen LogP contribution in [0.15, 0.2) is 18.2 Å². The van der Waals surface area contributed by atoms with Gasteiger partial charge >= 0.3 is 12.3 Å². The van der Waals surface area contributed by atoms with Crippen LogP contribution in [0.3, 0.4) is 0 Å². The Morgan fingerprint density at radius 2 is 1.47 bits per heavy atom. The molecule has 0 aliphatic carbocycles. The Morgan fingerprint density at radius 1 is 0.921 bits per heavy atom. The van der Waals surface area contributed by atoms with Gasteiger partial charge in [0.2, 0.25) is 0 Å². The van der Waals surface area contributed by atoms with Gasteiger partial charge < -0.3 is 24.6 Å². The molecule has 0 fully saturated rings. The lowest BCUT2D eigenvalue weighted by molar-refractivity contribution is -0.478. The van der Waals surface area contributed by atoms with Crippen molar-refractivity contribution in [2.45, 2.75) is 124 Å². The van der Waals surface area contributed by atoms with E-state index in [4.69, 9.17) is 28.2 Å². The van der Waals surface area contributed by atoms with Crippen molar-refractivity contribution in [3.05, 3.63) is 29.3 Å². The summed E-state index contributed by atoms with van der Waals surface area (Å²) in [6.45, 7) is 21.8. The molecule has 220 valence electrons. The number of carbonyl (C=O) groups is 1. The van der Waals surface area contributed by atoms with E-state index in [-0.39, 0.29) is 11.3 Å². The SMILES string of the molecule is CC(C)(C)NCC(OC(=O)OC(C)(C)C)c1ccc(OC(O[PH2]=O)(OC(C)(C)C)OC(C)(C)C)c(CO)c1. The summed E-state index contributed by atoms with van der Waals surface area (Å²) in [7, 11) is -1.78. The molecule has 2 atom stereocenters. The van der Waals surface area contributed by atoms with Gasteiger partial charge in [-0.2, -0.15) is 0 Å². The zero-order valence-corrected chi connectivity index (χ0v) is 26.2. The summed E-state index contributed by atoms with van der Waals surface area (Å²) in [5, 5.41) is 13.5. The van der Waals surface area contributed by atoms with E-state index < -0.39 is 50.5 Å². The van der Waals surface area contributed by atoms with Crippen molar-refractivity contribution in [1.29, 1.82) is 0 Å². The fraction of sp³-hybridized carbons (Fsp3) is 0.741. The summed E-state index contributed by atoms with van der Waals surface area (Å²) in [6.07, 6.45) is -3.68. The second-order valence-corrected chi connectivity index (χ2v) is 13.4. The molecule has 2 N–H and O–H groups in total. The summed E-state index contributed by atoms with van der Waals surface area (Å²) < 4.78 is 46.1. The van der Waals surface area contributed by atoms with E-state index in [0.29, 0.717) is 17.7 Å². The first-order chi connectivity index (χ1) is 17.1. The van der Waals surface area contributed by atoms with Gasteiger partial charge in [0.05, 0.1) is 17.8 Å². The number of carbonyl (C=O) groups excluding carboxylic acids is 1. The molecule has 38 heavy (non-hydrogen) atoms. The van der Waals surface area contributed by atoms with Gasteiger partial charge in [-0.1, -0.05) is 6.07 Å². The minimum atomic E-state index is -2.14. The highest BCUT2D eigenvalue weighted by Gasteiger charge is 2.45. The van der Waals surface area contributed by atoms with Crippen molar-refractivity contribution in [2.75, 3.05) is 6.54 Å². The van der Waals surface area contributed by atoms with E-state index in [2.05, 4.69) is 5.32 Å². The van der Waals surface area contributed by atoms with E-state index in [1.165, 1.54) is 0 Å². The smallest absolute Gasteiger partial charge is 0.429 e. The number of aliphatic hydroxyl groups excluding tert-OH is 1. The van der Waals surface area contributed by atoms with Crippen LogP contribution >= 0.6 is 8.69 Å². The Morgan fingerprint density at radius 3 is 1.89 bits per heavy atom. The lowest BCUT2D eigenvalue weighted by atomic mass is 10.0. The predicted molar refractivity (Wildman–Crippen MR) is 147 cm³/mol. The van der Waals surface area contributed by atoms with Gasteiger partial charge in [-0.25, -0.2) is 9.32 Å². The van der Waals surface area contributed by atoms with E-state index in [1.807, 2.05) is 20.8 Å². The molecule has 2 unspecified atom stereocenters. The molecule has 0 aliphatic rings. The van der Waals surface area contributed by atoms with Gasteiger partial charge in [-0.15, -0.1) is 0 Å². The van der Waals surface area contributed by atoms with Crippen molar-refractivity contribution in [3.8, 4) is 5.75 Å². The quantitative estimate of drug-likeness (QED) is 0.193. The van der Waals surface area contributed by atoms with E-state index in [0.717, 1.165) is 0 Å². The lowest BCUT2D eigenvalue weighted by Crippen LogP contribution is -2.51. The van der Waals surface area contributed by atoms with Crippen molar-refractivity contribution >= 4 is 14.8 Å². The minimum absolute atomic E-state index is 0.178. The zero-order chi connectivity index (χ0) is 29.6. The lowest BCUT2D eigenvalue weighted by Gasteiger charge is -2.39. The number of hydrogen-bond donors (Lipinski definition) is 2.